The molecule has 1 fully saturated rings. The van der Waals surface area contributed by atoms with Crippen LogP contribution in [0.15, 0.2) is 0 Å². The van der Waals surface area contributed by atoms with Gasteiger partial charge < -0.3 is 32.1 Å². The van der Waals surface area contributed by atoms with Gasteiger partial charge in [-0.1, -0.05) is 13.8 Å². The summed E-state index contributed by atoms with van der Waals surface area (Å²) >= 11 is 1.47. The predicted molar refractivity (Wildman–Crippen MR) is 125 cm³/mol. The first-order valence-corrected chi connectivity index (χ1v) is 12.6. The van der Waals surface area contributed by atoms with Gasteiger partial charge in [-0.2, -0.15) is 11.8 Å². The molecule has 7 N–H and O–H groups in total. The highest BCUT2D eigenvalue weighted by atomic mass is 32.2. The van der Waals surface area contributed by atoms with E-state index in [0.29, 0.717) is 18.7 Å². The molecule has 1 aliphatic heterocycles. The summed E-state index contributed by atoms with van der Waals surface area (Å²) in [5.74, 6) is -2.76. The Morgan fingerprint density at radius 3 is 2.12 bits per heavy atom. The van der Waals surface area contributed by atoms with E-state index < -0.39 is 47.9 Å². The van der Waals surface area contributed by atoms with Gasteiger partial charge in [0.2, 0.25) is 23.6 Å². The molecule has 33 heavy (non-hydrogen) atoms. The van der Waals surface area contributed by atoms with E-state index >= 15 is 0 Å². The maximum absolute atomic E-state index is 13.0. The number of thioether (sulfide) groups is 1. The number of carbonyl (C=O) groups excluding carboxylic acids is 4. The first-order valence-electron chi connectivity index (χ1n) is 11.2. The molecule has 1 heterocycles. The average Bonchev–Trinajstić information content (AvgIpc) is 3.27. The van der Waals surface area contributed by atoms with Gasteiger partial charge in [-0.15, -0.1) is 0 Å². The number of hydrogen-bond donors (Lipinski definition) is 6. The lowest BCUT2D eigenvalue weighted by molar-refractivity contribution is -0.142. The Hall–Kier alpha value is -2.34. The standard InChI is InChI=1S/C21H37N5O6S/c1-12(2)11-16(21(31)32)26-20(30)15(8-10-33-3)25-19(29)14(6-7-17(22)27)24-18(28)13-5-4-9-23-13/h12-16,23H,4-11H2,1-3H3,(H2,22,27)(H,24,28)(H,25,29)(H,26,30)(H,31,32). The van der Waals surface area contributed by atoms with Crippen molar-refractivity contribution in [3.05, 3.63) is 0 Å². The molecule has 0 radical (unpaired) electrons. The van der Waals surface area contributed by atoms with Crippen molar-refractivity contribution in [2.24, 2.45) is 11.7 Å². The van der Waals surface area contributed by atoms with Crippen LogP contribution >= 0.6 is 11.8 Å². The quantitative estimate of drug-likeness (QED) is 0.176. The van der Waals surface area contributed by atoms with Crippen molar-refractivity contribution in [2.75, 3.05) is 18.6 Å². The number of nitrogens with two attached hydrogens (primary N) is 1. The molecule has 0 bridgehead atoms. The molecule has 0 aliphatic carbocycles. The van der Waals surface area contributed by atoms with E-state index in [1.807, 2.05) is 20.1 Å². The first kappa shape index (κ1) is 28.7. The number of carboxylic acid groups (broad SMARTS) is 1. The Bertz CT molecular complexity index is 699. The van der Waals surface area contributed by atoms with Gasteiger partial charge in [0.25, 0.3) is 0 Å². The number of amides is 4. The first-order chi connectivity index (χ1) is 15.5. The molecular weight excluding hydrogens is 450 g/mol. The van der Waals surface area contributed by atoms with Crippen molar-refractivity contribution in [1.82, 2.24) is 21.3 Å². The largest absolute Gasteiger partial charge is 0.480 e. The molecule has 0 aromatic rings. The van der Waals surface area contributed by atoms with Gasteiger partial charge in [0.15, 0.2) is 0 Å². The third-order valence-electron chi connectivity index (χ3n) is 5.25. The van der Waals surface area contributed by atoms with E-state index in [4.69, 9.17) is 5.73 Å². The third kappa shape index (κ3) is 10.9. The SMILES string of the molecule is CSCCC(NC(=O)C(CCC(N)=O)NC(=O)C1CCCN1)C(=O)NC(CC(C)C)C(=O)O. The van der Waals surface area contributed by atoms with E-state index in [9.17, 15) is 29.1 Å². The number of carboxylic acids is 1. The minimum atomic E-state index is -1.15. The van der Waals surface area contributed by atoms with Crippen LogP contribution in [0.25, 0.3) is 0 Å². The van der Waals surface area contributed by atoms with E-state index in [0.717, 1.165) is 6.42 Å². The molecule has 188 valence electrons. The van der Waals surface area contributed by atoms with Gasteiger partial charge in [-0.25, -0.2) is 4.79 Å². The van der Waals surface area contributed by atoms with Crippen LogP contribution in [0.4, 0.5) is 0 Å². The zero-order valence-corrected chi connectivity index (χ0v) is 20.3. The number of rotatable bonds is 15. The van der Waals surface area contributed by atoms with Crippen LogP contribution in [0.5, 0.6) is 0 Å². The van der Waals surface area contributed by atoms with Gasteiger partial charge in [-0.05, 0) is 56.6 Å². The molecular formula is C21H37N5O6S. The Morgan fingerprint density at radius 1 is 1.03 bits per heavy atom. The van der Waals surface area contributed by atoms with E-state index in [1.165, 1.54) is 11.8 Å². The lowest BCUT2D eigenvalue weighted by atomic mass is 10.0. The highest BCUT2D eigenvalue weighted by Gasteiger charge is 2.31. The second kappa shape index (κ2) is 14.7. The Morgan fingerprint density at radius 2 is 1.64 bits per heavy atom. The smallest absolute Gasteiger partial charge is 0.326 e. The van der Waals surface area contributed by atoms with Crippen molar-refractivity contribution in [3.63, 3.8) is 0 Å². The number of aliphatic carboxylic acids is 1. The minimum absolute atomic E-state index is 0.0123. The lowest BCUT2D eigenvalue weighted by Gasteiger charge is -2.25. The number of carbonyl (C=O) groups is 5. The van der Waals surface area contributed by atoms with Crippen LogP contribution in [-0.2, 0) is 24.0 Å². The van der Waals surface area contributed by atoms with Crippen molar-refractivity contribution < 1.29 is 29.1 Å². The average molecular weight is 488 g/mol. The summed E-state index contributed by atoms with van der Waals surface area (Å²) in [7, 11) is 0. The molecule has 12 heteroatoms. The maximum atomic E-state index is 13.0. The molecule has 0 spiro atoms. The summed E-state index contributed by atoms with van der Waals surface area (Å²) in [4.78, 5) is 61.1. The van der Waals surface area contributed by atoms with Gasteiger partial charge in [0.1, 0.15) is 18.1 Å². The van der Waals surface area contributed by atoms with Crippen LogP contribution in [-0.4, -0.2) is 77.4 Å². The van der Waals surface area contributed by atoms with Crippen molar-refractivity contribution >= 4 is 41.4 Å². The van der Waals surface area contributed by atoms with Gasteiger partial charge in [-0.3, -0.25) is 19.2 Å². The number of hydrogen-bond acceptors (Lipinski definition) is 7. The molecule has 11 nitrogen and oxygen atoms in total. The van der Waals surface area contributed by atoms with Crippen LogP contribution in [0.1, 0.15) is 52.4 Å². The summed E-state index contributed by atoms with van der Waals surface area (Å²) < 4.78 is 0. The Balaban J connectivity index is 2.91. The molecule has 1 rings (SSSR count). The normalized spacial score (nSPS) is 18.2. The van der Waals surface area contributed by atoms with Gasteiger partial charge in [0.05, 0.1) is 6.04 Å². The fourth-order valence-electron chi connectivity index (χ4n) is 3.48. The van der Waals surface area contributed by atoms with Crippen LogP contribution in [0.2, 0.25) is 0 Å². The van der Waals surface area contributed by atoms with Gasteiger partial charge >= 0.3 is 5.97 Å². The third-order valence-corrected chi connectivity index (χ3v) is 5.90. The van der Waals surface area contributed by atoms with E-state index in [2.05, 4.69) is 21.3 Å². The fraction of sp³-hybridized carbons (Fsp3) is 0.762. The van der Waals surface area contributed by atoms with E-state index in [-0.39, 0.29) is 37.5 Å². The molecule has 4 unspecified atom stereocenters. The second-order valence-electron chi connectivity index (χ2n) is 8.59. The molecule has 4 atom stereocenters. The minimum Gasteiger partial charge on any atom is -0.480 e. The zero-order chi connectivity index (χ0) is 25.0. The highest BCUT2D eigenvalue weighted by Crippen LogP contribution is 2.09. The Labute approximate surface area is 198 Å². The predicted octanol–water partition coefficient (Wildman–Crippen LogP) is -0.658. The molecule has 0 aromatic heterocycles. The summed E-state index contributed by atoms with van der Waals surface area (Å²) in [6.07, 6.45) is 3.72. The van der Waals surface area contributed by atoms with Crippen LogP contribution in [0.3, 0.4) is 0 Å². The summed E-state index contributed by atoms with van der Waals surface area (Å²) in [5.41, 5.74) is 5.21. The Kier molecular flexibility index (Phi) is 12.8. The van der Waals surface area contributed by atoms with Crippen molar-refractivity contribution in [1.29, 1.82) is 0 Å². The maximum Gasteiger partial charge on any atom is 0.326 e. The molecule has 0 saturated carbocycles. The van der Waals surface area contributed by atoms with Crippen molar-refractivity contribution in [2.45, 2.75) is 76.5 Å². The number of nitrogens with one attached hydrogen (secondary N) is 4. The number of primary amides is 1. The summed E-state index contributed by atoms with van der Waals surface area (Å²) in [6.45, 7) is 4.40. The van der Waals surface area contributed by atoms with Crippen molar-refractivity contribution in [3.8, 4) is 0 Å². The zero-order valence-electron chi connectivity index (χ0n) is 19.5. The molecule has 4 amide bonds. The highest BCUT2D eigenvalue weighted by molar-refractivity contribution is 7.98. The monoisotopic (exact) mass is 487 g/mol. The summed E-state index contributed by atoms with van der Waals surface area (Å²) in [5, 5.41) is 20.2. The molecule has 1 aliphatic rings. The molecule has 1 saturated heterocycles. The lowest BCUT2D eigenvalue weighted by Crippen LogP contribution is -2.57. The van der Waals surface area contributed by atoms with Crippen LogP contribution < -0.4 is 27.0 Å². The second-order valence-corrected chi connectivity index (χ2v) is 9.57. The van der Waals surface area contributed by atoms with Crippen LogP contribution in [0, 0.1) is 5.92 Å². The topological polar surface area (TPSA) is 180 Å². The van der Waals surface area contributed by atoms with Gasteiger partial charge in [0, 0.05) is 6.42 Å². The summed E-state index contributed by atoms with van der Waals surface area (Å²) in [6, 6.07) is -3.54. The van der Waals surface area contributed by atoms with E-state index in [1.54, 1.807) is 0 Å². The fourth-order valence-corrected chi connectivity index (χ4v) is 3.95. The molecule has 0 aromatic carbocycles.